The van der Waals surface area contributed by atoms with E-state index < -0.39 is 0 Å². The molecule has 1 aromatic heterocycles. The molecule has 2 aliphatic rings. The number of hydrogen-bond acceptors (Lipinski definition) is 6. The maximum Gasteiger partial charge on any atom is 0.465 e. The van der Waals surface area contributed by atoms with Crippen molar-refractivity contribution in [3.8, 4) is 0 Å². The molecule has 7 heteroatoms. The van der Waals surface area contributed by atoms with Gasteiger partial charge in [-0.3, -0.25) is 0 Å². The topological polar surface area (TPSA) is 56.7 Å². The van der Waals surface area contributed by atoms with Gasteiger partial charge in [-0.25, -0.2) is 9.97 Å². The van der Waals surface area contributed by atoms with Crippen LogP contribution in [-0.2, 0) is 20.5 Å². The molecular formula is C25H36BN3O3. The van der Waals surface area contributed by atoms with Crippen molar-refractivity contribution in [1.82, 2.24) is 9.97 Å². The van der Waals surface area contributed by atoms with Gasteiger partial charge in [0.25, 0.3) is 0 Å². The molecule has 1 atom stereocenters. The van der Waals surface area contributed by atoms with Crippen LogP contribution >= 0.6 is 0 Å². The van der Waals surface area contributed by atoms with Crippen molar-refractivity contribution < 1.29 is 14.0 Å². The van der Waals surface area contributed by atoms with Gasteiger partial charge in [0.1, 0.15) is 0 Å². The summed E-state index contributed by atoms with van der Waals surface area (Å²) in [7, 11) is -0.297. The van der Waals surface area contributed by atoms with Crippen LogP contribution in [0, 0.1) is 0 Å². The summed E-state index contributed by atoms with van der Waals surface area (Å²) >= 11 is 0. The Morgan fingerprint density at radius 1 is 0.938 bits per heavy atom. The fraction of sp³-hybridized carbons (Fsp3) is 0.600. The summed E-state index contributed by atoms with van der Waals surface area (Å²) in [6.07, 6.45) is 8.21. The first-order valence-corrected chi connectivity index (χ1v) is 11.9. The fourth-order valence-corrected chi connectivity index (χ4v) is 4.30. The van der Waals surface area contributed by atoms with E-state index in [4.69, 9.17) is 24.0 Å². The van der Waals surface area contributed by atoms with E-state index in [0.717, 1.165) is 63.5 Å². The molecule has 0 N–H and O–H groups in total. The predicted octanol–water partition coefficient (Wildman–Crippen LogP) is 4.44. The Morgan fingerprint density at radius 3 is 2.19 bits per heavy atom. The summed E-state index contributed by atoms with van der Waals surface area (Å²) in [5.74, 6) is 0.874. The van der Waals surface area contributed by atoms with E-state index in [1.165, 1.54) is 5.56 Å². The number of nitrogens with zero attached hydrogens (tertiary/aromatic N) is 3. The van der Waals surface area contributed by atoms with Crippen LogP contribution in [0.5, 0.6) is 0 Å². The summed E-state index contributed by atoms with van der Waals surface area (Å²) in [6, 6.07) is 10.7. The lowest BCUT2D eigenvalue weighted by molar-refractivity contribution is 0.00578. The van der Waals surface area contributed by atoms with E-state index in [-0.39, 0.29) is 24.1 Å². The van der Waals surface area contributed by atoms with E-state index in [0.29, 0.717) is 0 Å². The third kappa shape index (κ3) is 5.33. The molecule has 2 saturated heterocycles. The second-order valence-electron chi connectivity index (χ2n) is 9.88. The molecule has 6 nitrogen and oxygen atoms in total. The molecule has 4 rings (SSSR count). The highest BCUT2D eigenvalue weighted by Crippen LogP contribution is 2.42. The zero-order chi connectivity index (χ0) is 22.6. The SMILES string of the molecule is CC1(C)OB([C@H](CCCCc2ccccc2)c2cnc(N3CCOCC3)nc2)OC1(C)C. The first-order valence-electron chi connectivity index (χ1n) is 11.9. The van der Waals surface area contributed by atoms with Crippen LogP contribution < -0.4 is 4.90 Å². The van der Waals surface area contributed by atoms with Crippen LogP contribution in [0.2, 0.25) is 0 Å². The number of anilines is 1. The number of aryl methyl sites for hydroxylation is 1. The van der Waals surface area contributed by atoms with Crippen molar-refractivity contribution in [3.63, 3.8) is 0 Å². The van der Waals surface area contributed by atoms with Crippen molar-refractivity contribution in [2.45, 2.75) is 70.4 Å². The van der Waals surface area contributed by atoms with Crippen molar-refractivity contribution in [1.29, 1.82) is 0 Å². The summed E-state index contributed by atoms with van der Waals surface area (Å²) in [6.45, 7) is 11.6. The molecular weight excluding hydrogens is 401 g/mol. The lowest BCUT2D eigenvalue weighted by Crippen LogP contribution is -2.41. The van der Waals surface area contributed by atoms with E-state index in [2.05, 4.69) is 62.9 Å². The van der Waals surface area contributed by atoms with Gasteiger partial charge in [-0.1, -0.05) is 36.8 Å². The second-order valence-corrected chi connectivity index (χ2v) is 9.88. The van der Waals surface area contributed by atoms with Gasteiger partial charge in [0.15, 0.2) is 0 Å². The average Bonchev–Trinajstić information content (AvgIpc) is 3.02. The standard InChI is InChI=1S/C25H36BN3O3/c1-24(2)25(3,4)32-26(31-24)22(13-9-8-12-20-10-6-5-7-11-20)21-18-27-23(28-19-21)29-14-16-30-17-15-29/h5-7,10-11,18-19,22H,8-9,12-17H2,1-4H3/t22-/m1/s1. The Morgan fingerprint density at radius 2 is 1.56 bits per heavy atom. The predicted molar refractivity (Wildman–Crippen MR) is 128 cm³/mol. The van der Waals surface area contributed by atoms with Crippen LogP contribution in [0.4, 0.5) is 5.95 Å². The normalized spacial score (nSPS) is 21.0. The Kier molecular flexibility index (Phi) is 7.18. The minimum Gasteiger partial charge on any atom is -0.403 e. The first-order chi connectivity index (χ1) is 15.4. The number of benzene rings is 1. The van der Waals surface area contributed by atoms with Crippen LogP contribution in [0.1, 0.15) is 63.9 Å². The van der Waals surface area contributed by atoms with Gasteiger partial charge in [0, 0.05) is 31.3 Å². The molecule has 172 valence electrons. The zero-order valence-electron chi connectivity index (χ0n) is 19.9. The summed E-state index contributed by atoms with van der Waals surface area (Å²) in [5.41, 5.74) is 1.77. The molecule has 0 aliphatic carbocycles. The smallest absolute Gasteiger partial charge is 0.403 e. The minimum absolute atomic E-state index is 0.102. The van der Waals surface area contributed by atoms with Crippen molar-refractivity contribution in [2.24, 2.45) is 0 Å². The molecule has 0 spiro atoms. The third-order valence-electron chi connectivity index (χ3n) is 7.05. The van der Waals surface area contributed by atoms with Crippen LogP contribution in [-0.4, -0.2) is 54.6 Å². The van der Waals surface area contributed by atoms with E-state index in [9.17, 15) is 0 Å². The second kappa shape index (κ2) is 9.90. The quantitative estimate of drug-likeness (QED) is 0.450. The summed E-state index contributed by atoms with van der Waals surface area (Å²) in [5, 5.41) is 0. The highest BCUT2D eigenvalue weighted by Gasteiger charge is 2.53. The van der Waals surface area contributed by atoms with Gasteiger partial charge in [0.2, 0.25) is 5.95 Å². The van der Waals surface area contributed by atoms with E-state index >= 15 is 0 Å². The molecule has 0 amide bonds. The molecule has 2 fully saturated rings. The highest BCUT2D eigenvalue weighted by molar-refractivity contribution is 6.47. The average molecular weight is 437 g/mol. The van der Waals surface area contributed by atoms with E-state index in [1.54, 1.807) is 0 Å². The molecule has 1 aromatic carbocycles. The highest BCUT2D eigenvalue weighted by atomic mass is 16.7. The molecule has 2 aromatic rings. The van der Waals surface area contributed by atoms with Gasteiger partial charge >= 0.3 is 7.12 Å². The lowest BCUT2D eigenvalue weighted by atomic mass is 9.66. The Balaban J connectivity index is 1.45. The monoisotopic (exact) mass is 437 g/mol. The maximum absolute atomic E-state index is 6.44. The molecule has 0 bridgehead atoms. The number of unbranched alkanes of at least 4 members (excludes halogenated alkanes) is 1. The van der Waals surface area contributed by atoms with Gasteiger partial charge in [-0.15, -0.1) is 0 Å². The summed E-state index contributed by atoms with van der Waals surface area (Å²) in [4.78, 5) is 11.6. The molecule has 3 heterocycles. The molecule has 32 heavy (non-hydrogen) atoms. The van der Waals surface area contributed by atoms with Gasteiger partial charge in [0.05, 0.1) is 24.4 Å². The first kappa shape index (κ1) is 23.2. The van der Waals surface area contributed by atoms with Crippen LogP contribution in [0.15, 0.2) is 42.7 Å². The Bertz CT molecular complexity index is 838. The minimum atomic E-state index is -0.353. The Labute approximate surface area is 192 Å². The molecule has 0 unspecified atom stereocenters. The van der Waals surface area contributed by atoms with Crippen LogP contribution in [0.3, 0.4) is 0 Å². The number of morpholine rings is 1. The number of aromatic nitrogens is 2. The maximum atomic E-state index is 6.44. The van der Waals surface area contributed by atoms with Crippen molar-refractivity contribution >= 4 is 13.1 Å². The number of ether oxygens (including phenoxy) is 1. The molecule has 0 radical (unpaired) electrons. The fourth-order valence-electron chi connectivity index (χ4n) is 4.30. The lowest BCUT2D eigenvalue weighted by Gasteiger charge is -2.32. The van der Waals surface area contributed by atoms with E-state index in [1.807, 2.05) is 12.4 Å². The molecule has 0 saturated carbocycles. The summed E-state index contributed by atoms with van der Waals surface area (Å²) < 4.78 is 18.3. The number of rotatable bonds is 8. The largest absolute Gasteiger partial charge is 0.465 e. The number of hydrogen-bond donors (Lipinski definition) is 0. The third-order valence-corrected chi connectivity index (χ3v) is 7.05. The Hall–Kier alpha value is -1.96. The van der Waals surface area contributed by atoms with Crippen molar-refractivity contribution in [2.75, 3.05) is 31.2 Å². The van der Waals surface area contributed by atoms with Gasteiger partial charge < -0.3 is 18.9 Å². The van der Waals surface area contributed by atoms with Gasteiger partial charge in [-0.05, 0) is 58.1 Å². The van der Waals surface area contributed by atoms with Gasteiger partial charge in [-0.2, -0.15) is 0 Å². The van der Waals surface area contributed by atoms with Crippen molar-refractivity contribution in [3.05, 3.63) is 53.9 Å². The zero-order valence-corrected chi connectivity index (χ0v) is 19.9. The molecule has 2 aliphatic heterocycles. The van der Waals surface area contributed by atoms with Crippen LogP contribution in [0.25, 0.3) is 0 Å².